The van der Waals surface area contributed by atoms with Gasteiger partial charge in [-0.05, 0) is 22.4 Å². The standard InChI is InChI=1S/C9H7BrFNO3/c1-2-3-5-8(10)6(11)4-7(9(5)13)12(14)15/h2,4,13H,1,3H2. The van der Waals surface area contributed by atoms with Crippen LogP contribution in [0.4, 0.5) is 10.1 Å². The Balaban J connectivity index is 3.48. The van der Waals surface area contributed by atoms with Crippen molar-refractivity contribution in [2.45, 2.75) is 6.42 Å². The molecular formula is C9H7BrFNO3. The Morgan fingerprint density at radius 3 is 2.80 bits per heavy atom. The Morgan fingerprint density at radius 1 is 1.73 bits per heavy atom. The summed E-state index contributed by atoms with van der Waals surface area (Å²) in [7, 11) is 0. The number of nitro groups is 1. The zero-order valence-corrected chi connectivity index (χ0v) is 9.12. The van der Waals surface area contributed by atoms with Gasteiger partial charge in [0.15, 0.2) is 5.75 Å². The molecule has 0 unspecified atom stereocenters. The van der Waals surface area contributed by atoms with Crippen molar-refractivity contribution in [1.82, 2.24) is 0 Å². The number of aromatic hydroxyl groups is 1. The van der Waals surface area contributed by atoms with E-state index in [1.807, 2.05) is 0 Å². The molecule has 0 radical (unpaired) electrons. The molecule has 0 aliphatic heterocycles. The second-order valence-corrected chi connectivity index (χ2v) is 3.56. The molecule has 0 saturated carbocycles. The number of hydrogen-bond donors (Lipinski definition) is 1. The van der Waals surface area contributed by atoms with E-state index in [4.69, 9.17) is 0 Å². The van der Waals surface area contributed by atoms with Gasteiger partial charge >= 0.3 is 5.69 Å². The van der Waals surface area contributed by atoms with Crippen LogP contribution < -0.4 is 0 Å². The van der Waals surface area contributed by atoms with Gasteiger partial charge in [0.2, 0.25) is 0 Å². The van der Waals surface area contributed by atoms with Crippen molar-refractivity contribution in [3.8, 4) is 5.75 Å². The van der Waals surface area contributed by atoms with Crippen molar-refractivity contribution >= 4 is 21.6 Å². The third-order valence-corrected chi connectivity index (χ3v) is 2.67. The van der Waals surface area contributed by atoms with E-state index in [-0.39, 0.29) is 16.5 Å². The molecule has 6 heteroatoms. The van der Waals surface area contributed by atoms with Crippen LogP contribution in [0.15, 0.2) is 23.2 Å². The fourth-order valence-corrected chi connectivity index (χ4v) is 1.59. The highest BCUT2D eigenvalue weighted by molar-refractivity contribution is 9.10. The van der Waals surface area contributed by atoms with Crippen LogP contribution in [0.3, 0.4) is 0 Å². The Labute approximate surface area is 93.3 Å². The molecule has 1 N–H and O–H groups in total. The van der Waals surface area contributed by atoms with Gasteiger partial charge in [0.1, 0.15) is 5.82 Å². The largest absolute Gasteiger partial charge is 0.502 e. The predicted octanol–water partition coefficient (Wildman–Crippen LogP) is 2.93. The van der Waals surface area contributed by atoms with Crippen molar-refractivity contribution in [2.24, 2.45) is 0 Å². The van der Waals surface area contributed by atoms with Gasteiger partial charge in [0.05, 0.1) is 15.5 Å². The first-order valence-corrected chi connectivity index (χ1v) is 4.73. The third kappa shape index (κ3) is 2.15. The van der Waals surface area contributed by atoms with Crippen LogP contribution >= 0.6 is 15.9 Å². The number of phenols is 1. The number of halogens is 2. The molecule has 1 aromatic carbocycles. The second kappa shape index (κ2) is 4.39. The fraction of sp³-hybridized carbons (Fsp3) is 0.111. The Morgan fingerprint density at radius 2 is 2.33 bits per heavy atom. The van der Waals surface area contributed by atoms with E-state index < -0.39 is 22.2 Å². The summed E-state index contributed by atoms with van der Waals surface area (Å²) in [6.07, 6.45) is 1.56. The summed E-state index contributed by atoms with van der Waals surface area (Å²) in [6.45, 7) is 3.42. The molecule has 0 spiro atoms. The summed E-state index contributed by atoms with van der Waals surface area (Å²) in [6, 6.07) is 0.673. The summed E-state index contributed by atoms with van der Waals surface area (Å²) in [5.41, 5.74) is -0.524. The van der Waals surface area contributed by atoms with Crippen LogP contribution in [0.1, 0.15) is 5.56 Å². The average Bonchev–Trinajstić information content (AvgIpc) is 2.18. The predicted molar refractivity (Wildman–Crippen MR) is 56.3 cm³/mol. The second-order valence-electron chi connectivity index (χ2n) is 2.77. The Bertz CT molecular complexity index is 434. The van der Waals surface area contributed by atoms with E-state index in [0.717, 1.165) is 0 Å². The van der Waals surface area contributed by atoms with Crippen LogP contribution in [0.5, 0.6) is 5.75 Å². The first-order chi connectivity index (χ1) is 6.99. The maximum absolute atomic E-state index is 13.2. The zero-order valence-electron chi connectivity index (χ0n) is 7.54. The van der Waals surface area contributed by atoms with E-state index in [9.17, 15) is 19.6 Å². The molecular weight excluding hydrogens is 269 g/mol. The van der Waals surface area contributed by atoms with Crippen LogP contribution in [-0.2, 0) is 6.42 Å². The highest BCUT2D eigenvalue weighted by Crippen LogP contribution is 2.37. The molecule has 0 saturated heterocycles. The molecule has 0 amide bonds. The van der Waals surface area contributed by atoms with Crippen molar-refractivity contribution in [1.29, 1.82) is 0 Å². The third-order valence-electron chi connectivity index (χ3n) is 1.81. The Hall–Kier alpha value is -1.43. The topological polar surface area (TPSA) is 63.4 Å². The van der Waals surface area contributed by atoms with E-state index >= 15 is 0 Å². The lowest BCUT2D eigenvalue weighted by molar-refractivity contribution is -0.386. The van der Waals surface area contributed by atoms with E-state index in [0.29, 0.717) is 6.07 Å². The molecule has 0 heterocycles. The van der Waals surface area contributed by atoms with Crippen molar-refractivity contribution in [3.05, 3.63) is 44.7 Å². The van der Waals surface area contributed by atoms with Gasteiger partial charge in [-0.1, -0.05) is 6.08 Å². The van der Waals surface area contributed by atoms with Crippen molar-refractivity contribution in [3.63, 3.8) is 0 Å². The molecule has 4 nitrogen and oxygen atoms in total. The Kier molecular flexibility index (Phi) is 3.41. The minimum atomic E-state index is -0.836. The molecule has 0 bridgehead atoms. The number of nitro benzene ring substituents is 1. The summed E-state index contributed by atoms with van der Waals surface area (Å²) in [4.78, 5) is 9.64. The first-order valence-electron chi connectivity index (χ1n) is 3.94. The van der Waals surface area contributed by atoms with Crippen LogP contribution in [0, 0.1) is 15.9 Å². The average molecular weight is 276 g/mol. The maximum atomic E-state index is 13.2. The van der Waals surface area contributed by atoms with Gasteiger partial charge in [-0.25, -0.2) is 4.39 Å². The number of allylic oxidation sites excluding steroid dienone is 1. The molecule has 0 atom stereocenters. The van der Waals surface area contributed by atoms with Gasteiger partial charge in [-0.15, -0.1) is 6.58 Å². The number of phenolic OH excluding ortho intramolecular Hbond substituents is 1. The highest BCUT2D eigenvalue weighted by Gasteiger charge is 2.22. The van der Waals surface area contributed by atoms with E-state index in [2.05, 4.69) is 22.5 Å². The molecule has 0 aliphatic rings. The zero-order chi connectivity index (χ0) is 11.6. The van der Waals surface area contributed by atoms with Crippen molar-refractivity contribution in [2.75, 3.05) is 0 Å². The summed E-state index contributed by atoms with van der Waals surface area (Å²) in [5.74, 6) is -1.32. The smallest absolute Gasteiger partial charge is 0.314 e. The molecule has 80 valence electrons. The molecule has 15 heavy (non-hydrogen) atoms. The lowest BCUT2D eigenvalue weighted by Gasteiger charge is -2.06. The minimum Gasteiger partial charge on any atom is -0.502 e. The number of benzene rings is 1. The lowest BCUT2D eigenvalue weighted by Crippen LogP contribution is -1.96. The number of nitrogens with zero attached hydrogens (tertiary/aromatic N) is 1. The maximum Gasteiger partial charge on any atom is 0.314 e. The monoisotopic (exact) mass is 275 g/mol. The highest BCUT2D eigenvalue weighted by atomic mass is 79.9. The number of rotatable bonds is 3. The summed E-state index contributed by atoms with van der Waals surface area (Å²) >= 11 is 2.91. The normalized spacial score (nSPS) is 10.0. The SMILES string of the molecule is C=CCc1c(O)c([N+](=O)[O-])cc(F)c1Br. The molecule has 0 aromatic heterocycles. The van der Waals surface area contributed by atoms with Gasteiger partial charge in [0, 0.05) is 5.56 Å². The molecule has 0 aliphatic carbocycles. The van der Waals surface area contributed by atoms with E-state index in [1.54, 1.807) is 0 Å². The summed E-state index contributed by atoms with van der Waals surface area (Å²) < 4.78 is 13.2. The molecule has 0 fully saturated rings. The molecule has 1 aromatic rings. The quantitative estimate of drug-likeness (QED) is 0.524. The van der Waals surface area contributed by atoms with Gasteiger partial charge in [-0.2, -0.15) is 0 Å². The van der Waals surface area contributed by atoms with Gasteiger partial charge < -0.3 is 5.11 Å². The molecule has 1 rings (SSSR count). The fourth-order valence-electron chi connectivity index (χ4n) is 1.12. The summed E-state index contributed by atoms with van der Waals surface area (Å²) in [5, 5.41) is 20.0. The first kappa shape index (κ1) is 11.6. The van der Waals surface area contributed by atoms with Crippen molar-refractivity contribution < 1.29 is 14.4 Å². The van der Waals surface area contributed by atoms with Crippen LogP contribution in [-0.4, -0.2) is 10.0 Å². The van der Waals surface area contributed by atoms with Crippen LogP contribution in [0.2, 0.25) is 0 Å². The minimum absolute atomic E-state index is 0.0190. The van der Waals surface area contributed by atoms with Gasteiger partial charge in [0.25, 0.3) is 0 Å². The van der Waals surface area contributed by atoms with E-state index in [1.165, 1.54) is 6.08 Å². The van der Waals surface area contributed by atoms with Crippen LogP contribution in [0.25, 0.3) is 0 Å². The number of hydrogen-bond acceptors (Lipinski definition) is 3. The van der Waals surface area contributed by atoms with Gasteiger partial charge in [-0.3, -0.25) is 10.1 Å². The lowest BCUT2D eigenvalue weighted by atomic mass is 10.1.